The SMILES string of the molecule is CC(C)(C)OC(=O)N1CCCC[C@@H]1CC(=O)[O-]. The molecule has 0 saturated carbocycles. The van der Waals surface area contributed by atoms with Gasteiger partial charge in [0.1, 0.15) is 5.60 Å². The smallest absolute Gasteiger partial charge is 0.410 e. The first kappa shape index (κ1) is 13.8. The third kappa shape index (κ3) is 4.63. The lowest BCUT2D eigenvalue weighted by Crippen LogP contribution is -2.48. The Labute approximate surface area is 102 Å². The van der Waals surface area contributed by atoms with Crippen LogP contribution < -0.4 is 5.11 Å². The standard InChI is InChI=1S/C12H21NO4/c1-12(2,3)17-11(16)13-7-5-4-6-9(13)8-10(14)15/h9H,4-8H2,1-3H3,(H,14,15)/p-1/t9-/m1/s1. The topological polar surface area (TPSA) is 69.7 Å². The number of hydrogen-bond acceptors (Lipinski definition) is 4. The maximum atomic E-state index is 11.9. The Balaban J connectivity index is 2.64. The predicted octanol–water partition coefficient (Wildman–Crippen LogP) is 0.916. The minimum Gasteiger partial charge on any atom is -0.550 e. The molecule has 1 amide bonds. The Kier molecular flexibility index (Phi) is 4.37. The highest BCUT2D eigenvalue weighted by Crippen LogP contribution is 2.22. The van der Waals surface area contributed by atoms with Gasteiger partial charge < -0.3 is 19.5 Å². The summed E-state index contributed by atoms with van der Waals surface area (Å²) in [5.41, 5.74) is -0.555. The van der Waals surface area contributed by atoms with E-state index in [-0.39, 0.29) is 12.5 Å². The first-order valence-electron chi connectivity index (χ1n) is 5.99. The van der Waals surface area contributed by atoms with Gasteiger partial charge in [-0.3, -0.25) is 0 Å². The van der Waals surface area contributed by atoms with Crippen LogP contribution in [0.4, 0.5) is 4.79 Å². The largest absolute Gasteiger partial charge is 0.550 e. The van der Waals surface area contributed by atoms with Crippen molar-refractivity contribution in [3.8, 4) is 0 Å². The summed E-state index contributed by atoms with van der Waals surface area (Å²) in [6.07, 6.45) is 2.00. The summed E-state index contributed by atoms with van der Waals surface area (Å²) in [5.74, 6) is -1.12. The van der Waals surface area contributed by atoms with Crippen molar-refractivity contribution >= 4 is 12.1 Å². The maximum absolute atomic E-state index is 11.9. The Bertz CT molecular complexity index is 295. The highest BCUT2D eigenvalue weighted by atomic mass is 16.6. The molecule has 0 spiro atoms. The van der Waals surface area contributed by atoms with Crippen molar-refractivity contribution in [2.45, 2.75) is 58.1 Å². The van der Waals surface area contributed by atoms with E-state index in [0.717, 1.165) is 12.8 Å². The first-order chi connectivity index (χ1) is 7.79. The third-order valence-corrected chi connectivity index (χ3v) is 2.66. The molecule has 98 valence electrons. The van der Waals surface area contributed by atoms with Crippen LogP contribution in [0.2, 0.25) is 0 Å². The number of likely N-dealkylation sites (tertiary alicyclic amines) is 1. The zero-order valence-corrected chi connectivity index (χ0v) is 10.7. The molecule has 0 aromatic heterocycles. The normalized spacial score (nSPS) is 21.1. The molecule has 5 heteroatoms. The molecule has 0 aromatic carbocycles. The van der Waals surface area contributed by atoms with Crippen molar-refractivity contribution in [2.75, 3.05) is 6.54 Å². The summed E-state index contributed by atoms with van der Waals surface area (Å²) in [4.78, 5) is 24.0. The number of carbonyl (C=O) groups is 2. The first-order valence-corrected chi connectivity index (χ1v) is 5.99. The quantitative estimate of drug-likeness (QED) is 0.722. The van der Waals surface area contributed by atoms with Gasteiger partial charge in [-0.1, -0.05) is 0 Å². The van der Waals surface area contributed by atoms with Gasteiger partial charge in [-0.05, 0) is 40.0 Å². The van der Waals surface area contributed by atoms with Gasteiger partial charge >= 0.3 is 6.09 Å². The molecule has 5 nitrogen and oxygen atoms in total. The molecule has 1 atom stereocenters. The van der Waals surface area contributed by atoms with Gasteiger partial charge in [-0.2, -0.15) is 0 Å². The Hall–Kier alpha value is -1.26. The molecule has 1 heterocycles. The monoisotopic (exact) mass is 242 g/mol. The molecule has 1 saturated heterocycles. The maximum Gasteiger partial charge on any atom is 0.410 e. The molecule has 1 aliphatic heterocycles. The lowest BCUT2D eigenvalue weighted by atomic mass is 10.00. The van der Waals surface area contributed by atoms with E-state index in [1.807, 2.05) is 0 Å². The zero-order valence-electron chi connectivity index (χ0n) is 10.7. The lowest BCUT2D eigenvalue weighted by Gasteiger charge is -2.36. The number of carboxylic acids is 1. The van der Waals surface area contributed by atoms with Crippen molar-refractivity contribution in [1.29, 1.82) is 0 Å². The number of carboxylic acid groups (broad SMARTS) is 1. The number of rotatable bonds is 2. The number of amides is 1. The Morgan fingerprint density at radius 1 is 1.35 bits per heavy atom. The fraction of sp³-hybridized carbons (Fsp3) is 0.833. The zero-order chi connectivity index (χ0) is 13.1. The molecule has 1 rings (SSSR count). The van der Waals surface area contributed by atoms with Crippen LogP contribution in [0.15, 0.2) is 0 Å². The average molecular weight is 242 g/mol. The number of nitrogens with zero attached hydrogens (tertiary/aromatic N) is 1. The van der Waals surface area contributed by atoms with E-state index < -0.39 is 17.7 Å². The van der Waals surface area contributed by atoms with Crippen molar-refractivity contribution in [1.82, 2.24) is 4.90 Å². The lowest BCUT2D eigenvalue weighted by molar-refractivity contribution is -0.306. The molecule has 0 bridgehead atoms. The number of carbonyl (C=O) groups excluding carboxylic acids is 2. The van der Waals surface area contributed by atoms with Gasteiger partial charge in [0.25, 0.3) is 0 Å². The molecule has 17 heavy (non-hydrogen) atoms. The molecular weight excluding hydrogens is 222 g/mol. The fourth-order valence-corrected chi connectivity index (χ4v) is 1.97. The molecule has 1 aliphatic rings. The fourth-order valence-electron chi connectivity index (χ4n) is 1.97. The van der Waals surface area contributed by atoms with Gasteiger partial charge in [-0.25, -0.2) is 4.79 Å². The van der Waals surface area contributed by atoms with Crippen LogP contribution in [0, 0.1) is 0 Å². The molecule has 0 radical (unpaired) electrons. The van der Waals surface area contributed by atoms with E-state index in [9.17, 15) is 14.7 Å². The molecule has 0 aliphatic carbocycles. The van der Waals surface area contributed by atoms with Crippen molar-refractivity contribution in [2.24, 2.45) is 0 Å². The summed E-state index contributed by atoms with van der Waals surface area (Å²) in [6, 6.07) is -0.288. The summed E-state index contributed by atoms with van der Waals surface area (Å²) in [6.45, 7) is 5.95. The van der Waals surface area contributed by atoms with Gasteiger partial charge in [0.05, 0.1) is 0 Å². The molecule has 0 N–H and O–H groups in total. The van der Waals surface area contributed by atoms with Crippen LogP contribution in [-0.2, 0) is 9.53 Å². The molecule has 1 fully saturated rings. The highest BCUT2D eigenvalue weighted by Gasteiger charge is 2.30. The van der Waals surface area contributed by atoms with Crippen LogP contribution in [0.1, 0.15) is 46.5 Å². The van der Waals surface area contributed by atoms with E-state index in [1.165, 1.54) is 4.90 Å². The van der Waals surface area contributed by atoms with E-state index in [1.54, 1.807) is 20.8 Å². The van der Waals surface area contributed by atoms with E-state index in [2.05, 4.69) is 0 Å². The number of hydrogen-bond donors (Lipinski definition) is 0. The number of aliphatic carboxylic acids is 1. The Morgan fingerprint density at radius 2 is 2.00 bits per heavy atom. The van der Waals surface area contributed by atoms with E-state index in [0.29, 0.717) is 13.0 Å². The van der Waals surface area contributed by atoms with Crippen LogP contribution in [0.25, 0.3) is 0 Å². The van der Waals surface area contributed by atoms with Crippen LogP contribution >= 0.6 is 0 Å². The van der Waals surface area contributed by atoms with Gasteiger partial charge in [-0.15, -0.1) is 0 Å². The third-order valence-electron chi connectivity index (χ3n) is 2.66. The van der Waals surface area contributed by atoms with Crippen LogP contribution in [-0.4, -0.2) is 35.2 Å². The van der Waals surface area contributed by atoms with Crippen LogP contribution in [0.5, 0.6) is 0 Å². The van der Waals surface area contributed by atoms with E-state index in [4.69, 9.17) is 4.74 Å². The molecule has 0 aromatic rings. The van der Waals surface area contributed by atoms with Gasteiger partial charge in [0, 0.05) is 25.0 Å². The minimum atomic E-state index is -1.12. The van der Waals surface area contributed by atoms with Gasteiger partial charge in [0.2, 0.25) is 0 Å². The summed E-state index contributed by atoms with van der Waals surface area (Å²) in [7, 11) is 0. The van der Waals surface area contributed by atoms with Crippen LogP contribution in [0.3, 0.4) is 0 Å². The van der Waals surface area contributed by atoms with Gasteiger partial charge in [0.15, 0.2) is 0 Å². The molecule has 0 unspecified atom stereocenters. The summed E-state index contributed by atoms with van der Waals surface area (Å²) in [5, 5.41) is 10.6. The van der Waals surface area contributed by atoms with Crippen molar-refractivity contribution in [3.63, 3.8) is 0 Å². The molecular formula is C12H20NO4-. The van der Waals surface area contributed by atoms with Crippen molar-refractivity contribution in [3.05, 3.63) is 0 Å². The van der Waals surface area contributed by atoms with Crippen molar-refractivity contribution < 1.29 is 19.4 Å². The second kappa shape index (κ2) is 5.38. The minimum absolute atomic E-state index is 0.112. The average Bonchev–Trinajstić information content (AvgIpc) is 2.14. The summed E-state index contributed by atoms with van der Waals surface area (Å²) >= 11 is 0. The number of ether oxygens (including phenoxy) is 1. The predicted molar refractivity (Wildman–Crippen MR) is 60.2 cm³/mol. The summed E-state index contributed by atoms with van der Waals surface area (Å²) < 4.78 is 5.26. The highest BCUT2D eigenvalue weighted by molar-refractivity contribution is 5.71. The second-order valence-corrected chi connectivity index (χ2v) is 5.40. The number of piperidine rings is 1. The Morgan fingerprint density at radius 3 is 2.53 bits per heavy atom. The second-order valence-electron chi connectivity index (χ2n) is 5.40. The van der Waals surface area contributed by atoms with E-state index >= 15 is 0 Å².